The van der Waals surface area contributed by atoms with Gasteiger partial charge in [-0.3, -0.25) is 5.43 Å². The van der Waals surface area contributed by atoms with E-state index in [2.05, 4.69) is 42.8 Å². The summed E-state index contributed by atoms with van der Waals surface area (Å²) in [6.45, 7) is 4.61. The van der Waals surface area contributed by atoms with E-state index < -0.39 is 0 Å². The lowest BCUT2D eigenvalue weighted by molar-refractivity contribution is 0.138. The van der Waals surface area contributed by atoms with Gasteiger partial charge < -0.3 is 14.8 Å². The number of fused-ring (bicyclic) bond motifs is 1. The molecule has 2 aliphatic heterocycles. The van der Waals surface area contributed by atoms with Crippen molar-refractivity contribution in [2.24, 2.45) is 0 Å². The Bertz CT molecular complexity index is 1550. The Balaban J connectivity index is 1.19. The smallest absolute Gasteiger partial charge is 0.340 e. The van der Waals surface area contributed by atoms with E-state index in [1.165, 1.54) is 5.56 Å². The maximum atomic E-state index is 13.3. The largest absolute Gasteiger partial charge is 0.487 e. The molecule has 196 valence electrons. The first-order valence-electron chi connectivity index (χ1n) is 12.8. The van der Waals surface area contributed by atoms with Gasteiger partial charge in [0.25, 0.3) is 0 Å². The van der Waals surface area contributed by atoms with Gasteiger partial charge in [-0.1, -0.05) is 41.9 Å². The van der Waals surface area contributed by atoms with Crippen LogP contribution in [0.4, 0.5) is 10.5 Å². The van der Waals surface area contributed by atoms with Crippen LogP contribution in [-0.2, 0) is 6.42 Å². The summed E-state index contributed by atoms with van der Waals surface area (Å²) in [5.74, 6) is 2.27. The third-order valence-electron chi connectivity index (χ3n) is 6.74. The molecular weight excluding hydrogens is 510 g/mol. The molecule has 0 radical (unpaired) electrons. The van der Waals surface area contributed by atoms with Crippen LogP contribution in [0.15, 0.2) is 97.1 Å². The summed E-state index contributed by atoms with van der Waals surface area (Å²) in [6, 6.07) is 30.5. The highest BCUT2D eigenvalue weighted by Crippen LogP contribution is 2.38. The number of urea groups is 1. The van der Waals surface area contributed by atoms with Gasteiger partial charge in [0.15, 0.2) is 0 Å². The van der Waals surface area contributed by atoms with Crippen molar-refractivity contribution in [3.63, 3.8) is 0 Å². The van der Waals surface area contributed by atoms with Crippen molar-refractivity contribution < 1.29 is 14.3 Å². The summed E-state index contributed by atoms with van der Waals surface area (Å²) in [4.78, 5) is 13.3. The lowest BCUT2D eigenvalue weighted by atomic mass is 9.97. The van der Waals surface area contributed by atoms with Crippen molar-refractivity contribution in [1.82, 2.24) is 10.4 Å². The molecule has 0 aliphatic carbocycles. The Kier molecular flexibility index (Phi) is 6.41. The second-order valence-electron chi connectivity index (χ2n) is 10.3. The zero-order chi connectivity index (χ0) is 27.0. The standard InChI is InChI=1S/C32H28ClN3O3/c1-32(2)19-23-18-22(8-17-29(23)39-32)30-28(21-6-4-3-5-7-21)20-36(35-30)31(37)34-25-11-15-27(16-12-25)38-26-13-9-24(33)10-14-26/h3-18,35H,19-20H2,1-2H3,(H,34,37). The van der Waals surface area contributed by atoms with Crippen molar-refractivity contribution >= 4 is 34.6 Å². The lowest BCUT2D eigenvalue weighted by Gasteiger charge is -2.19. The van der Waals surface area contributed by atoms with E-state index in [-0.39, 0.29) is 11.6 Å². The van der Waals surface area contributed by atoms with Crippen molar-refractivity contribution in [2.45, 2.75) is 25.9 Å². The molecule has 0 bridgehead atoms. The zero-order valence-electron chi connectivity index (χ0n) is 21.7. The van der Waals surface area contributed by atoms with E-state index in [1.807, 2.05) is 54.6 Å². The maximum Gasteiger partial charge on any atom is 0.340 e. The van der Waals surface area contributed by atoms with E-state index in [0.29, 0.717) is 28.8 Å². The molecule has 39 heavy (non-hydrogen) atoms. The van der Waals surface area contributed by atoms with E-state index in [1.54, 1.807) is 29.3 Å². The Morgan fingerprint density at radius 3 is 2.33 bits per heavy atom. The number of nitrogens with one attached hydrogen (secondary N) is 2. The van der Waals surface area contributed by atoms with E-state index >= 15 is 0 Å². The van der Waals surface area contributed by atoms with Crippen LogP contribution in [-0.4, -0.2) is 23.2 Å². The minimum Gasteiger partial charge on any atom is -0.487 e. The van der Waals surface area contributed by atoms with Gasteiger partial charge in [0.1, 0.15) is 22.8 Å². The molecule has 4 aromatic carbocycles. The van der Waals surface area contributed by atoms with Gasteiger partial charge in [-0.15, -0.1) is 0 Å². The normalized spacial score (nSPS) is 15.4. The van der Waals surface area contributed by atoms with Gasteiger partial charge in [-0.05, 0) is 91.7 Å². The Hall–Kier alpha value is -4.42. The van der Waals surface area contributed by atoms with E-state index in [4.69, 9.17) is 21.1 Å². The number of hydrazine groups is 1. The number of ether oxygens (including phenoxy) is 2. The van der Waals surface area contributed by atoms with E-state index in [9.17, 15) is 4.79 Å². The molecule has 4 aromatic rings. The van der Waals surface area contributed by atoms with Crippen LogP contribution in [0, 0.1) is 0 Å². The Morgan fingerprint density at radius 2 is 1.62 bits per heavy atom. The number of carbonyl (C=O) groups excluding carboxylic acids is 1. The molecule has 2 heterocycles. The number of hydrogen-bond donors (Lipinski definition) is 2. The third-order valence-corrected chi connectivity index (χ3v) is 6.99. The average molecular weight is 538 g/mol. The molecular formula is C32H28ClN3O3. The quantitative estimate of drug-likeness (QED) is 0.273. The van der Waals surface area contributed by atoms with Gasteiger partial charge in [-0.25, -0.2) is 9.80 Å². The number of rotatable bonds is 5. The first-order chi connectivity index (χ1) is 18.8. The molecule has 0 atom stereocenters. The molecule has 0 fully saturated rings. The van der Waals surface area contributed by atoms with Crippen molar-refractivity contribution in [3.8, 4) is 17.2 Å². The van der Waals surface area contributed by atoms with Crippen LogP contribution in [0.3, 0.4) is 0 Å². The Morgan fingerprint density at radius 1 is 0.923 bits per heavy atom. The fraction of sp³-hybridized carbons (Fsp3) is 0.156. The van der Waals surface area contributed by atoms with Crippen LogP contribution in [0.5, 0.6) is 17.2 Å². The van der Waals surface area contributed by atoms with E-state index in [0.717, 1.165) is 34.6 Å². The highest BCUT2D eigenvalue weighted by atomic mass is 35.5. The molecule has 2 aliphatic rings. The van der Waals surface area contributed by atoms with Crippen LogP contribution >= 0.6 is 11.6 Å². The molecule has 0 aromatic heterocycles. The van der Waals surface area contributed by atoms with Crippen molar-refractivity contribution in [2.75, 3.05) is 11.9 Å². The van der Waals surface area contributed by atoms with Crippen LogP contribution in [0.25, 0.3) is 11.3 Å². The van der Waals surface area contributed by atoms with Crippen molar-refractivity contribution in [3.05, 3.63) is 119 Å². The molecule has 6 nitrogen and oxygen atoms in total. The highest BCUT2D eigenvalue weighted by Gasteiger charge is 2.32. The minimum absolute atomic E-state index is 0.220. The summed E-state index contributed by atoms with van der Waals surface area (Å²) in [6.07, 6.45) is 0.839. The van der Waals surface area contributed by atoms with Crippen LogP contribution in [0.2, 0.25) is 5.02 Å². The average Bonchev–Trinajstić information content (AvgIpc) is 3.51. The first kappa shape index (κ1) is 24.9. The third kappa shape index (κ3) is 5.42. The minimum atomic E-state index is -0.254. The highest BCUT2D eigenvalue weighted by molar-refractivity contribution is 6.30. The monoisotopic (exact) mass is 537 g/mol. The molecule has 6 rings (SSSR count). The second kappa shape index (κ2) is 10.0. The Labute approximate surface area is 232 Å². The summed E-state index contributed by atoms with van der Waals surface area (Å²) < 4.78 is 11.9. The second-order valence-corrected chi connectivity index (χ2v) is 10.7. The van der Waals surface area contributed by atoms with Crippen LogP contribution < -0.4 is 20.2 Å². The molecule has 7 heteroatoms. The number of anilines is 1. The molecule has 0 unspecified atom stereocenters. The van der Waals surface area contributed by atoms with Gasteiger partial charge in [0, 0.05) is 28.3 Å². The molecule has 0 spiro atoms. The fourth-order valence-electron chi connectivity index (χ4n) is 4.92. The summed E-state index contributed by atoms with van der Waals surface area (Å²) in [7, 11) is 0. The van der Waals surface area contributed by atoms with Gasteiger partial charge in [0.05, 0.1) is 12.2 Å². The van der Waals surface area contributed by atoms with Gasteiger partial charge in [-0.2, -0.15) is 0 Å². The predicted octanol–water partition coefficient (Wildman–Crippen LogP) is 7.77. The topological polar surface area (TPSA) is 62.8 Å². The molecule has 2 N–H and O–H groups in total. The number of carbonyl (C=O) groups is 1. The molecule has 0 saturated heterocycles. The number of hydrogen-bond acceptors (Lipinski definition) is 4. The first-order valence-corrected chi connectivity index (χ1v) is 13.2. The number of benzene rings is 4. The summed E-state index contributed by atoms with van der Waals surface area (Å²) in [5, 5.41) is 5.24. The maximum absolute atomic E-state index is 13.3. The molecule has 2 amide bonds. The predicted molar refractivity (Wildman–Crippen MR) is 155 cm³/mol. The van der Waals surface area contributed by atoms with Gasteiger partial charge in [0.2, 0.25) is 0 Å². The van der Waals surface area contributed by atoms with Crippen molar-refractivity contribution in [1.29, 1.82) is 0 Å². The summed E-state index contributed by atoms with van der Waals surface area (Å²) in [5.41, 5.74) is 9.03. The number of halogens is 1. The molecule has 0 saturated carbocycles. The SMILES string of the molecule is CC1(C)Cc2cc(C3=C(c4ccccc4)CN(C(=O)Nc4ccc(Oc5ccc(Cl)cc5)cc4)N3)ccc2O1. The lowest BCUT2D eigenvalue weighted by Crippen LogP contribution is -2.40. The van der Waals surface area contributed by atoms with Gasteiger partial charge >= 0.3 is 6.03 Å². The number of nitrogens with zero attached hydrogens (tertiary/aromatic N) is 1. The zero-order valence-corrected chi connectivity index (χ0v) is 22.5. The fourth-order valence-corrected chi connectivity index (χ4v) is 5.04. The van der Waals surface area contributed by atoms with Crippen LogP contribution in [0.1, 0.15) is 30.5 Å². The summed E-state index contributed by atoms with van der Waals surface area (Å²) >= 11 is 5.94. The number of amides is 2.